The summed E-state index contributed by atoms with van der Waals surface area (Å²) in [5, 5.41) is 0. The lowest BCUT2D eigenvalue weighted by Crippen LogP contribution is -2.23. The third-order valence-electron chi connectivity index (χ3n) is 1.58. The molecular formula is C8H7ClF3NO2. The number of aromatic amines is 1. The van der Waals surface area contributed by atoms with Gasteiger partial charge in [-0.2, -0.15) is 0 Å². The summed E-state index contributed by atoms with van der Waals surface area (Å²) < 4.78 is 39.2. The first-order chi connectivity index (χ1) is 6.83. The molecule has 0 unspecified atom stereocenters. The van der Waals surface area contributed by atoms with E-state index in [0.717, 1.165) is 6.07 Å². The number of ether oxygens (including phenoxy) is 1. The van der Waals surface area contributed by atoms with Gasteiger partial charge >= 0.3 is 6.36 Å². The van der Waals surface area contributed by atoms with Crippen molar-refractivity contribution in [1.82, 2.24) is 4.98 Å². The quantitative estimate of drug-likeness (QED) is 0.808. The Bertz CT molecular complexity index is 413. The molecule has 3 nitrogen and oxygen atoms in total. The largest absolute Gasteiger partial charge is 0.573 e. The number of pyridine rings is 1. The molecule has 1 N–H and O–H groups in total. The van der Waals surface area contributed by atoms with Crippen LogP contribution in [0, 0.1) is 6.92 Å². The minimum Gasteiger partial charge on any atom is -0.400 e. The van der Waals surface area contributed by atoms with E-state index in [1.165, 1.54) is 6.92 Å². The van der Waals surface area contributed by atoms with Crippen molar-refractivity contribution in [2.45, 2.75) is 19.2 Å². The van der Waals surface area contributed by atoms with Gasteiger partial charge in [0.05, 0.1) is 11.6 Å². The Morgan fingerprint density at radius 2 is 2.13 bits per heavy atom. The number of aromatic nitrogens is 1. The third-order valence-corrected chi connectivity index (χ3v) is 1.87. The lowest BCUT2D eigenvalue weighted by molar-refractivity contribution is -0.275. The van der Waals surface area contributed by atoms with E-state index in [9.17, 15) is 18.0 Å². The average molecular weight is 242 g/mol. The van der Waals surface area contributed by atoms with Gasteiger partial charge in [-0.05, 0) is 6.92 Å². The number of H-pyrrole nitrogens is 1. The summed E-state index contributed by atoms with van der Waals surface area (Å²) in [4.78, 5) is 13.7. The minimum absolute atomic E-state index is 0.00419. The molecule has 0 aliphatic heterocycles. The van der Waals surface area contributed by atoms with Gasteiger partial charge in [0, 0.05) is 11.8 Å². The molecule has 0 aromatic carbocycles. The maximum absolute atomic E-state index is 11.9. The predicted molar refractivity (Wildman–Crippen MR) is 48.0 cm³/mol. The zero-order chi connectivity index (χ0) is 11.6. The third kappa shape index (κ3) is 3.16. The SMILES string of the molecule is Cc1[nH]c(CCl)cc(=O)c1OC(F)(F)F. The van der Waals surface area contributed by atoms with Crippen LogP contribution in [0.1, 0.15) is 11.4 Å². The zero-order valence-electron chi connectivity index (χ0n) is 7.61. The normalized spacial score (nSPS) is 11.5. The maximum Gasteiger partial charge on any atom is 0.573 e. The van der Waals surface area contributed by atoms with E-state index in [1.807, 2.05) is 0 Å². The van der Waals surface area contributed by atoms with E-state index >= 15 is 0 Å². The van der Waals surface area contributed by atoms with E-state index in [-0.39, 0.29) is 11.6 Å². The van der Waals surface area contributed by atoms with Crippen molar-refractivity contribution < 1.29 is 17.9 Å². The Kier molecular flexibility index (Phi) is 3.28. The molecule has 0 aliphatic rings. The second-order valence-electron chi connectivity index (χ2n) is 2.79. The van der Waals surface area contributed by atoms with E-state index in [2.05, 4.69) is 9.72 Å². The highest BCUT2D eigenvalue weighted by molar-refractivity contribution is 6.16. The molecule has 0 bridgehead atoms. The van der Waals surface area contributed by atoms with Crippen molar-refractivity contribution >= 4 is 11.6 Å². The molecule has 1 aromatic heterocycles. The Labute approximate surface area is 87.8 Å². The van der Waals surface area contributed by atoms with E-state index in [4.69, 9.17) is 11.6 Å². The number of alkyl halides is 4. The molecule has 1 heterocycles. The lowest BCUT2D eigenvalue weighted by atomic mass is 10.3. The van der Waals surface area contributed by atoms with E-state index < -0.39 is 17.5 Å². The van der Waals surface area contributed by atoms with Gasteiger partial charge < -0.3 is 9.72 Å². The Morgan fingerprint density at radius 1 is 1.53 bits per heavy atom. The van der Waals surface area contributed by atoms with E-state index in [1.54, 1.807) is 0 Å². The highest BCUT2D eigenvalue weighted by Crippen LogP contribution is 2.21. The van der Waals surface area contributed by atoms with Crippen molar-refractivity contribution in [2.75, 3.05) is 0 Å². The molecule has 0 atom stereocenters. The first-order valence-corrected chi connectivity index (χ1v) is 4.41. The number of halogens is 4. The van der Waals surface area contributed by atoms with Crippen LogP contribution in [0.25, 0.3) is 0 Å². The van der Waals surface area contributed by atoms with Crippen LogP contribution in [0.3, 0.4) is 0 Å². The molecule has 0 spiro atoms. The summed E-state index contributed by atoms with van der Waals surface area (Å²) in [6.45, 7) is 1.30. The first-order valence-electron chi connectivity index (χ1n) is 3.88. The van der Waals surface area contributed by atoms with Gasteiger partial charge in [0.25, 0.3) is 0 Å². The van der Waals surface area contributed by atoms with Gasteiger partial charge in [-0.3, -0.25) is 4.79 Å². The molecule has 15 heavy (non-hydrogen) atoms. The highest BCUT2D eigenvalue weighted by atomic mass is 35.5. The van der Waals surface area contributed by atoms with Crippen molar-refractivity contribution in [3.05, 3.63) is 27.7 Å². The molecule has 0 fully saturated rings. The fraction of sp³-hybridized carbons (Fsp3) is 0.375. The number of hydrogen-bond donors (Lipinski definition) is 1. The van der Waals surface area contributed by atoms with Gasteiger partial charge in [0.2, 0.25) is 5.43 Å². The Morgan fingerprint density at radius 3 is 2.53 bits per heavy atom. The maximum atomic E-state index is 11.9. The second-order valence-corrected chi connectivity index (χ2v) is 3.06. The predicted octanol–water partition coefficient (Wildman–Crippen LogP) is 2.32. The highest BCUT2D eigenvalue weighted by Gasteiger charge is 2.33. The Balaban J connectivity index is 3.15. The molecule has 0 aliphatic carbocycles. The summed E-state index contributed by atoms with van der Waals surface area (Å²) in [7, 11) is 0. The lowest BCUT2D eigenvalue weighted by Gasteiger charge is -2.10. The monoisotopic (exact) mass is 241 g/mol. The van der Waals surface area contributed by atoms with Gasteiger partial charge in [-0.15, -0.1) is 24.8 Å². The topological polar surface area (TPSA) is 42.1 Å². The van der Waals surface area contributed by atoms with Gasteiger partial charge in [-0.25, -0.2) is 0 Å². The standard InChI is InChI=1S/C8H7ClF3NO2/c1-4-7(15-8(10,11)12)6(14)2-5(3-9)13-4/h2H,3H2,1H3,(H,13,14). The summed E-state index contributed by atoms with van der Waals surface area (Å²) >= 11 is 5.42. The number of hydrogen-bond acceptors (Lipinski definition) is 2. The molecule has 0 radical (unpaired) electrons. The fourth-order valence-corrected chi connectivity index (χ4v) is 1.20. The van der Waals surface area contributed by atoms with Crippen LogP contribution in [-0.2, 0) is 5.88 Å². The second kappa shape index (κ2) is 4.14. The number of aryl methyl sites for hydroxylation is 1. The molecule has 1 rings (SSSR count). The smallest absolute Gasteiger partial charge is 0.400 e. The number of rotatable bonds is 2. The van der Waals surface area contributed by atoms with Gasteiger partial charge in [0.1, 0.15) is 0 Å². The minimum atomic E-state index is -4.87. The molecule has 0 saturated heterocycles. The van der Waals surface area contributed by atoms with Crippen molar-refractivity contribution in [3.8, 4) is 5.75 Å². The summed E-state index contributed by atoms with van der Waals surface area (Å²) in [6, 6.07) is 0.973. The van der Waals surface area contributed by atoms with Crippen LogP contribution in [0.4, 0.5) is 13.2 Å². The first kappa shape index (κ1) is 11.9. The van der Waals surface area contributed by atoms with Crippen LogP contribution in [0.15, 0.2) is 10.9 Å². The molecule has 84 valence electrons. The van der Waals surface area contributed by atoms with E-state index in [0.29, 0.717) is 5.69 Å². The fourth-order valence-electron chi connectivity index (χ4n) is 1.06. The Hall–Kier alpha value is -1.17. The van der Waals surface area contributed by atoms with Crippen LogP contribution in [-0.4, -0.2) is 11.3 Å². The van der Waals surface area contributed by atoms with Crippen molar-refractivity contribution in [3.63, 3.8) is 0 Å². The van der Waals surface area contributed by atoms with Crippen LogP contribution in [0.5, 0.6) is 5.75 Å². The van der Waals surface area contributed by atoms with Crippen molar-refractivity contribution in [1.29, 1.82) is 0 Å². The number of nitrogens with one attached hydrogen (secondary N) is 1. The van der Waals surface area contributed by atoms with Crippen LogP contribution >= 0.6 is 11.6 Å². The molecule has 0 amide bonds. The summed E-state index contributed by atoms with van der Waals surface area (Å²) in [5.41, 5.74) is -0.511. The summed E-state index contributed by atoms with van der Waals surface area (Å²) in [5.74, 6) is -0.737. The molecule has 0 saturated carbocycles. The molecule has 1 aromatic rings. The van der Waals surface area contributed by atoms with Crippen LogP contribution < -0.4 is 10.2 Å². The molecule has 7 heteroatoms. The zero-order valence-corrected chi connectivity index (χ0v) is 8.37. The van der Waals surface area contributed by atoms with Crippen LogP contribution in [0.2, 0.25) is 0 Å². The van der Waals surface area contributed by atoms with Gasteiger partial charge in [0.15, 0.2) is 5.75 Å². The molecular weight excluding hydrogens is 235 g/mol. The summed E-state index contributed by atoms with van der Waals surface area (Å²) in [6.07, 6.45) is -4.87. The van der Waals surface area contributed by atoms with Crippen molar-refractivity contribution in [2.24, 2.45) is 0 Å². The average Bonchev–Trinajstić information content (AvgIpc) is 2.09. The van der Waals surface area contributed by atoms with Gasteiger partial charge in [-0.1, -0.05) is 0 Å².